The first-order valence-electron chi connectivity index (χ1n) is 6.41. The second-order valence-corrected chi connectivity index (χ2v) is 4.89. The fraction of sp³-hybridized carbons (Fsp3) is 0.400. The van der Waals surface area contributed by atoms with Crippen LogP contribution in [-0.2, 0) is 7.05 Å². The van der Waals surface area contributed by atoms with Gasteiger partial charge in [0.1, 0.15) is 11.6 Å². The van der Waals surface area contributed by atoms with E-state index in [4.69, 9.17) is 10.5 Å². The first-order valence-corrected chi connectivity index (χ1v) is 6.41. The van der Waals surface area contributed by atoms with E-state index in [1.165, 1.54) is 5.56 Å². The van der Waals surface area contributed by atoms with Crippen molar-refractivity contribution in [3.8, 4) is 5.75 Å². The van der Waals surface area contributed by atoms with Crippen LogP contribution in [0.5, 0.6) is 5.75 Å². The Morgan fingerprint density at radius 1 is 1.37 bits per heavy atom. The fourth-order valence-corrected chi connectivity index (χ4v) is 2.61. The highest BCUT2D eigenvalue weighted by Gasteiger charge is 2.22. The minimum atomic E-state index is 0.0496. The molecule has 0 radical (unpaired) electrons. The Kier molecular flexibility index (Phi) is 3.90. The summed E-state index contributed by atoms with van der Waals surface area (Å²) in [5, 5.41) is 0. The predicted molar refractivity (Wildman–Crippen MR) is 76.6 cm³/mol. The minimum Gasteiger partial charge on any atom is -0.496 e. The largest absolute Gasteiger partial charge is 0.496 e. The number of methoxy groups -OCH3 is 1. The molecule has 0 aliphatic heterocycles. The maximum atomic E-state index is 5.98. The van der Waals surface area contributed by atoms with Gasteiger partial charge in [-0.3, -0.25) is 0 Å². The van der Waals surface area contributed by atoms with Crippen molar-refractivity contribution in [3.63, 3.8) is 0 Å². The highest BCUT2D eigenvalue weighted by molar-refractivity contribution is 5.47. The summed E-state index contributed by atoms with van der Waals surface area (Å²) >= 11 is 0. The molecule has 1 unspecified atom stereocenters. The van der Waals surface area contributed by atoms with E-state index in [1.54, 1.807) is 13.3 Å². The van der Waals surface area contributed by atoms with E-state index in [0.29, 0.717) is 6.54 Å². The molecule has 1 aromatic carbocycles. The molecular weight excluding hydrogens is 238 g/mol. The zero-order valence-corrected chi connectivity index (χ0v) is 12.0. The minimum absolute atomic E-state index is 0.0496. The monoisotopic (exact) mass is 259 g/mol. The number of hydrogen-bond donors (Lipinski definition) is 1. The molecule has 0 saturated carbocycles. The smallest absolute Gasteiger partial charge is 0.125 e. The van der Waals surface area contributed by atoms with Gasteiger partial charge in [0.05, 0.1) is 13.0 Å². The van der Waals surface area contributed by atoms with Crippen molar-refractivity contribution in [2.75, 3.05) is 13.7 Å². The first kappa shape index (κ1) is 13.6. The third-order valence-corrected chi connectivity index (χ3v) is 3.43. The zero-order chi connectivity index (χ0) is 14.0. The van der Waals surface area contributed by atoms with Gasteiger partial charge in [-0.1, -0.05) is 17.7 Å². The van der Waals surface area contributed by atoms with Gasteiger partial charge in [0.2, 0.25) is 0 Å². The molecule has 0 aliphatic carbocycles. The van der Waals surface area contributed by atoms with Crippen LogP contribution >= 0.6 is 0 Å². The summed E-state index contributed by atoms with van der Waals surface area (Å²) in [7, 11) is 3.69. The van der Waals surface area contributed by atoms with Crippen LogP contribution in [0.3, 0.4) is 0 Å². The number of hydrogen-bond acceptors (Lipinski definition) is 3. The normalized spacial score (nSPS) is 12.5. The van der Waals surface area contributed by atoms with Crippen LogP contribution in [0.4, 0.5) is 0 Å². The number of benzene rings is 1. The number of nitrogens with zero attached hydrogens (tertiary/aromatic N) is 2. The number of aryl methyl sites for hydroxylation is 3. The second-order valence-electron chi connectivity index (χ2n) is 4.89. The zero-order valence-electron chi connectivity index (χ0n) is 12.0. The number of imidazole rings is 1. The summed E-state index contributed by atoms with van der Waals surface area (Å²) < 4.78 is 7.57. The van der Waals surface area contributed by atoms with Crippen molar-refractivity contribution in [3.05, 3.63) is 47.0 Å². The van der Waals surface area contributed by atoms with Gasteiger partial charge in [0.15, 0.2) is 0 Å². The highest BCUT2D eigenvalue weighted by atomic mass is 16.5. The molecule has 0 aliphatic rings. The van der Waals surface area contributed by atoms with Gasteiger partial charge in [-0.2, -0.15) is 0 Å². The summed E-state index contributed by atoms with van der Waals surface area (Å²) in [4.78, 5) is 4.43. The lowest BCUT2D eigenvalue weighted by atomic mass is 9.93. The molecule has 4 heteroatoms. The average Bonchev–Trinajstić information content (AvgIpc) is 2.76. The summed E-state index contributed by atoms with van der Waals surface area (Å²) in [5.74, 6) is 1.92. The molecule has 1 heterocycles. The topological polar surface area (TPSA) is 53.1 Å². The van der Waals surface area contributed by atoms with Crippen LogP contribution < -0.4 is 10.5 Å². The second kappa shape index (κ2) is 5.45. The fourth-order valence-electron chi connectivity index (χ4n) is 2.61. The van der Waals surface area contributed by atoms with Crippen LogP contribution in [0, 0.1) is 13.8 Å². The van der Waals surface area contributed by atoms with Crippen LogP contribution in [0.1, 0.15) is 28.4 Å². The van der Waals surface area contributed by atoms with Crippen molar-refractivity contribution in [2.24, 2.45) is 12.8 Å². The van der Waals surface area contributed by atoms with E-state index < -0.39 is 0 Å². The van der Waals surface area contributed by atoms with E-state index in [1.807, 2.05) is 17.8 Å². The van der Waals surface area contributed by atoms with E-state index in [0.717, 1.165) is 22.7 Å². The lowest BCUT2D eigenvalue weighted by Crippen LogP contribution is -2.18. The first-order chi connectivity index (χ1) is 9.08. The summed E-state index contributed by atoms with van der Waals surface area (Å²) in [5.41, 5.74) is 9.43. The van der Waals surface area contributed by atoms with E-state index in [-0.39, 0.29) is 5.92 Å². The van der Waals surface area contributed by atoms with Crippen molar-refractivity contribution < 1.29 is 4.74 Å². The third-order valence-electron chi connectivity index (χ3n) is 3.43. The predicted octanol–water partition coefficient (Wildman–Crippen LogP) is 2.14. The van der Waals surface area contributed by atoms with Crippen molar-refractivity contribution >= 4 is 0 Å². The van der Waals surface area contributed by atoms with Crippen molar-refractivity contribution in [1.29, 1.82) is 0 Å². The van der Waals surface area contributed by atoms with Crippen molar-refractivity contribution in [1.82, 2.24) is 9.55 Å². The molecule has 0 fully saturated rings. The molecule has 1 atom stereocenters. The Morgan fingerprint density at radius 3 is 2.63 bits per heavy atom. The van der Waals surface area contributed by atoms with Gasteiger partial charge in [-0.05, 0) is 19.4 Å². The van der Waals surface area contributed by atoms with E-state index in [2.05, 4.69) is 31.0 Å². The Bertz CT molecular complexity index is 575. The van der Waals surface area contributed by atoms with Gasteiger partial charge < -0.3 is 15.0 Å². The van der Waals surface area contributed by atoms with Gasteiger partial charge >= 0.3 is 0 Å². The van der Waals surface area contributed by atoms with Crippen LogP contribution in [0.2, 0.25) is 0 Å². The standard InChI is InChI=1S/C15H21N3O/c1-10-7-11(2)14(19-4)12(8-10)13(9-16)15-17-5-6-18(15)3/h5-8,13H,9,16H2,1-4H3. The molecular formula is C15H21N3O. The van der Waals surface area contributed by atoms with E-state index >= 15 is 0 Å². The maximum Gasteiger partial charge on any atom is 0.125 e. The summed E-state index contributed by atoms with van der Waals surface area (Å²) in [6, 6.07) is 4.26. The molecule has 2 N–H and O–H groups in total. The molecule has 2 rings (SSSR count). The quantitative estimate of drug-likeness (QED) is 0.915. The lowest BCUT2D eigenvalue weighted by Gasteiger charge is -2.20. The molecule has 0 amide bonds. The Balaban J connectivity index is 2.58. The molecule has 102 valence electrons. The van der Waals surface area contributed by atoms with Crippen molar-refractivity contribution in [2.45, 2.75) is 19.8 Å². The van der Waals surface area contributed by atoms with Gasteiger partial charge in [0, 0.05) is 31.5 Å². The molecule has 19 heavy (non-hydrogen) atoms. The Hall–Kier alpha value is -1.81. The molecule has 0 saturated heterocycles. The molecule has 1 aromatic heterocycles. The molecule has 4 nitrogen and oxygen atoms in total. The lowest BCUT2D eigenvalue weighted by molar-refractivity contribution is 0.403. The van der Waals surface area contributed by atoms with Crippen LogP contribution in [-0.4, -0.2) is 23.2 Å². The van der Waals surface area contributed by atoms with Gasteiger partial charge in [0.25, 0.3) is 0 Å². The highest BCUT2D eigenvalue weighted by Crippen LogP contribution is 2.33. The van der Waals surface area contributed by atoms with Crippen LogP contribution in [0.15, 0.2) is 24.5 Å². The Morgan fingerprint density at radius 2 is 2.11 bits per heavy atom. The van der Waals surface area contributed by atoms with Gasteiger partial charge in [-0.15, -0.1) is 0 Å². The molecule has 0 spiro atoms. The van der Waals surface area contributed by atoms with Crippen LogP contribution in [0.25, 0.3) is 0 Å². The number of nitrogens with two attached hydrogens (primary N) is 1. The summed E-state index contributed by atoms with van der Waals surface area (Å²) in [6.07, 6.45) is 3.74. The molecule has 0 bridgehead atoms. The van der Waals surface area contributed by atoms with E-state index in [9.17, 15) is 0 Å². The summed E-state index contributed by atoms with van der Waals surface area (Å²) in [6.45, 7) is 4.65. The maximum absolute atomic E-state index is 5.98. The van der Waals surface area contributed by atoms with Gasteiger partial charge in [-0.25, -0.2) is 4.98 Å². The third kappa shape index (κ3) is 2.49. The average molecular weight is 259 g/mol. The Labute approximate surface area is 114 Å². The molecule has 2 aromatic rings. The SMILES string of the molecule is COc1c(C)cc(C)cc1C(CN)c1nccn1C. The number of ether oxygens (including phenoxy) is 1. The number of rotatable bonds is 4. The number of aromatic nitrogens is 2.